The van der Waals surface area contributed by atoms with Gasteiger partial charge >= 0.3 is 11.9 Å². The van der Waals surface area contributed by atoms with Crippen LogP contribution < -0.4 is 10.9 Å². The Morgan fingerprint density at radius 3 is 1.42 bits per heavy atom. The highest BCUT2D eigenvalue weighted by Gasteiger charge is 2.15. The van der Waals surface area contributed by atoms with E-state index in [0.29, 0.717) is 18.7 Å². The van der Waals surface area contributed by atoms with Crippen molar-refractivity contribution in [3.05, 3.63) is 22.7 Å². The summed E-state index contributed by atoms with van der Waals surface area (Å²) in [6, 6.07) is 1.50. The van der Waals surface area contributed by atoms with Gasteiger partial charge in [-0.25, -0.2) is 4.98 Å². The van der Waals surface area contributed by atoms with Gasteiger partial charge in [-0.3, -0.25) is 14.4 Å². The zero-order valence-corrected chi connectivity index (χ0v) is 39.8. The van der Waals surface area contributed by atoms with Gasteiger partial charge in [0, 0.05) is 25.5 Å². The third kappa shape index (κ3) is 35.2. The van der Waals surface area contributed by atoms with Crippen molar-refractivity contribution in [1.29, 1.82) is 0 Å². The molecule has 9 heteroatoms. The van der Waals surface area contributed by atoms with E-state index < -0.39 is 0 Å². The van der Waals surface area contributed by atoms with Gasteiger partial charge in [0.15, 0.2) is 0 Å². The maximum Gasteiger partial charge on any atom is 0.306 e. The highest BCUT2D eigenvalue weighted by Crippen LogP contribution is 2.19. The van der Waals surface area contributed by atoms with Crippen molar-refractivity contribution in [1.82, 2.24) is 14.9 Å². The summed E-state index contributed by atoms with van der Waals surface area (Å²) in [6.07, 6.45) is 41.5. The maximum absolute atomic E-state index is 12.9. The Hall–Kier alpha value is -2.42. The number of carbonyl (C=O) groups excluding carboxylic acids is 2. The summed E-state index contributed by atoms with van der Waals surface area (Å²) in [5, 5.41) is 3.29. The van der Waals surface area contributed by atoms with Gasteiger partial charge in [0.1, 0.15) is 18.0 Å². The first-order valence-corrected chi connectivity index (χ1v) is 25.8. The van der Waals surface area contributed by atoms with Crippen molar-refractivity contribution < 1.29 is 19.1 Å². The molecule has 0 aliphatic rings. The molecule has 0 aliphatic carbocycles. The standard InChI is InChI=1S/C51H96N4O5/c1-5-9-12-15-20-27-35-46(8-4)59-50(57)38-30-23-18-25-32-41-55(43-34-40-52-48-44-49(56)54-45-53-48)42-33-26-19-24-31-39-51(58)60-47(36-28-21-16-13-10-6-2)37-29-22-17-14-11-7-3/h44-47H,5-43H2,1-4H3,(H2,52,53,54,56). The number of unbranched alkanes of at least 4 members (excludes halogenated alkanes) is 23. The van der Waals surface area contributed by atoms with E-state index in [9.17, 15) is 14.4 Å². The summed E-state index contributed by atoms with van der Waals surface area (Å²) in [5.41, 5.74) is -0.146. The first-order chi connectivity index (χ1) is 29.4. The lowest BCUT2D eigenvalue weighted by atomic mass is 10.0. The largest absolute Gasteiger partial charge is 0.462 e. The molecule has 2 N–H and O–H groups in total. The van der Waals surface area contributed by atoms with Crippen LogP contribution in [0.2, 0.25) is 0 Å². The number of carbonyl (C=O) groups is 2. The van der Waals surface area contributed by atoms with E-state index in [-0.39, 0.29) is 29.7 Å². The average molecular weight is 845 g/mol. The Bertz CT molecular complexity index is 1150. The molecular weight excluding hydrogens is 749 g/mol. The molecule has 0 amide bonds. The molecule has 0 fully saturated rings. The molecule has 0 bridgehead atoms. The van der Waals surface area contributed by atoms with Crippen LogP contribution in [0.1, 0.15) is 252 Å². The molecule has 0 saturated heterocycles. The smallest absolute Gasteiger partial charge is 0.306 e. The summed E-state index contributed by atoms with van der Waals surface area (Å²) in [4.78, 5) is 46.4. The molecule has 60 heavy (non-hydrogen) atoms. The minimum Gasteiger partial charge on any atom is -0.462 e. The molecular formula is C51H96N4O5. The molecule has 0 saturated carbocycles. The number of aromatic nitrogens is 2. The number of hydrogen-bond acceptors (Lipinski definition) is 8. The molecule has 1 unspecified atom stereocenters. The molecule has 9 nitrogen and oxygen atoms in total. The predicted molar refractivity (Wildman–Crippen MR) is 254 cm³/mol. The van der Waals surface area contributed by atoms with Crippen LogP contribution in [0.4, 0.5) is 5.82 Å². The highest BCUT2D eigenvalue weighted by atomic mass is 16.5. The number of nitrogens with zero attached hydrogens (tertiary/aromatic N) is 2. The number of nitrogens with one attached hydrogen (secondary N) is 2. The van der Waals surface area contributed by atoms with Gasteiger partial charge in [-0.1, -0.05) is 163 Å². The molecule has 1 aromatic rings. The van der Waals surface area contributed by atoms with Gasteiger partial charge in [0.25, 0.3) is 5.56 Å². The van der Waals surface area contributed by atoms with Crippen LogP contribution in [0.3, 0.4) is 0 Å². The third-order valence-electron chi connectivity index (χ3n) is 12.0. The molecule has 0 aliphatic heterocycles. The fourth-order valence-electron chi connectivity index (χ4n) is 8.15. The van der Waals surface area contributed by atoms with Crippen LogP contribution >= 0.6 is 0 Å². The number of anilines is 1. The number of ether oxygens (including phenoxy) is 2. The Kier molecular flexibility index (Phi) is 38.8. The molecule has 1 rings (SSSR count). The maximum atomic E-state index is 12.9. The summed E-state index contributed by atoms with van der Waals surface area (Å²) in [7, 11) is 0. The van der Waals surface area contributed by atoms with Crippen molar-refractivity contribution >= 4 is 17.8 Å². The Morgan fingerprint density at radius 1 is 0.550 bits per heavy atom. The average Bonchev–Trinajstić information content (AvgIpc) is 3.24. The van der Waals surface area contributed by atoms with E-state index in [1.165, 1.54) is 134 Å². The van der Waals surface area contributed by atoms with Crippen molar-refractivity contribution in [3.63, 3.8) is 0 Å². The van der Waals surface area contributed by atoms with Crippen LogP contribution in [0.15, 0.2) is 17.2 Å². The van der Waals surface area contributed by atoms with Gasteiger partial charge in [-0.2, -0.15) is 0 Å². The minimum atomic E-state index is -0.146. The fraction of sp³-hybridized carbons (Fsp3) is 0.882. The molecule has 1 atom stereocenters. The summed E-state index contributed by atoms with van der Waals surface area (Å²) in [6.45, 7) is 12.8. The second-order valence-corrected chi connectivity index (χ2v) is 17.8. The van der Waals surface area contributed by atoms with E-state index in [1.807, 2.05) is 0 Å². The number of H-pyrrole nitrogens is 1. The lowest BCUT2D eigenvalue weighted by Gasteiger charge is -2.22. The zero-order chi connectivity index (χ0) is 43.6. The second kappa shape index (κ2) is 41.9. The number of esters is 2. The topological polar surface area (TPSA) is 114 Å². The second-order valence-electron chi connectivity index (χ2n) is 17.8. The van der Waals surface area contributed by atoms with Crippen molar-refractivity contribution in [2.45, 2.75) is 265 Å². The first-order valence-electron chi connectivity index (χ1n) is 25.8. The van der Waals surface area contributed by atoms with Crippen molar-refractivity contribution in [3.8, 4) is 0 Å². The van der Waals surface area contributed by atoms with E-state index >= 15 is 0 Å². The Labute approximate surface area is 369 Å². The zero-order valence-electron chi connectivity index (χ0n) is 39.8. The number of hydrogen-bond donors (Lipinski definition) is 2. The van der Waals surface area contributed by atoms with Gasteiger partial charge in [-0.15, -0.1) is 0 Å². The SMILES string of the molecule is CCCCCCCCC(CC)OC(=O)CCCCCCCN(CCCCCCCC(=O)OC(CCCCCCCC)CCCCCCCC)CCCNc1cc(=O)[nH]cn1. The van der Waals surface area contributed by atoms with Gasteiger partial charge in [0.05, 0.1) is 6.33 Å². The van der Waals surface area contributed by atoms with Crippen LogP contribution in [-0.2, 0) is 19.1 Å². The molecule has 0 spiro atoms. The quantitative estimate of drug-likeness (QED) is 0.0493. The number of rotatable bonds is 45. The molecule has 1 heterocycles. The van der Waals surface area contributed by atoms with Gasteiger partial charge in [0.2, 0.25) is 0 Å². The number of aromatic amines is 1. The molecule has 0 radical (unpaired) electrons. The lowest BCUT2D eigenvalue weighted by molar-refractivity contribution is -0.150. The Balaban J connectivity index is 2.37. The third-order valence-corrected chi connectivity index (χ3v) is 12.0. The van der Waals surface area contributed by atoms with Gasteiger partial charge < -0.3 is 24.7 Å². The van der Waals surface area contributed by atoms with Crippen molar-refractivity contribution in [2.75, 3.05) is 31.5 Å². The molecule has 350 valence electrons. The van der Waals surface area contributed by atoms with E-state index in [1.54, 1.807) is 0 Å². The van der Waals surface area contributed by atoms with Crippen LogP contribution in [0, 0.1) is 0 Å². The van der Waals surface area contributed by atoms with Crippen LogP contribution in [0.25, 0.3) is 0 Å². The first kappa shape index (κ1) is 55.6. The highest BCUT2D eigenvalue weighted by molar-refractivity contribution is 5.69. The fourth-order valence-corrected chi connectivity index (χ4v) is 8.15. The normalized spacial score (nSPS) is 12.0. The van der Waals surface area contributed by atoms with E-state index in [4.69, 9.17) is 9.47 Å². The van der Waals surface area contributed by atoms with Crippen molar-refractivity contribution in [2.24, 2.45) is 0 Å². The molecule has 1 aromatic heterocycles. The van der Waals surface area contributed by atoms with Gasteiger partial charge in [-0.05, 0) is 96.7 Å². The van der Waals surface area contributed by atoms with Crippen LogP contribution in [0.5, 0.6) is 0 Å². The molecule has 0 aromatic carbocycles. The van der Waals surface area contributed by atoms with E-state index in [0.717, 1.165) is 116 Å². The minimum absolute atomic E-state index is 0.0101. The predicted octanol–water partition coefficient (Wildman–Crippen LogP) is 14.0. The van der Waals surface area contributed by atoms with E-state index in [2.05, 4.69) is 47.9 Å². The lowest BCUT2D eigenvalue weighted by Crippen LogP contribution is -2.28. The monoisotopic (exact) mass is 845 g/mol. The Morgan fingerprint density at radius 2 is 0.950 bits per heavy atom. The summed E-state index contributed by atoms with van der Waals surface area (Å²) < 4.78 is 11.9. The van der Waals surface area contributed by atoms with Crippen LogP contribution in [-0.4, -0.2) is 65.2 Å². The summed E-state index contributed by atoms with van der Waals surface area (Å²) in [5.74, 6) is 0.609. The summed E-state index contributed by atoms with van der Waals surface area (Å²) >= 11 is 0.